The quantitative estimate of drug-likeness (QED) is 0.453. The molecular formula is C14H18O7. The lowest BCUT2D eigenvalue weighted by atomic mass is 10.1. The molecule has 0 spiro atoms. The van der Waals surface area contributed by atoms with Crippen LogP contribution in [-0.2, 0) is 24.3 Å². The molecule has 21 heavy (non-hydrogen) atoms. The van der Waals surface area contributed by atoms with Crippen LogP contribution >= 0.6 is 0 Å². The molecule has 0 radical (unpaired) electrons. The molecule has 7 heteroatoms. The van der Waals surface area contributed by atoms with Gasteiger partial charge in [0.15, 0.2) is 0 Å². The Labute approximate surface area is 122 Å². The van der Waals surface area contributed by atoms with Crippen molar-refractivity contribution in [2.45, 2.75) is 26.9 Å². The first-order valence-electron chi connectivity index (χ1n) is 6.26. The van der Waals surface area contributed by atoms with Crippen molar-refractivity contribution in [1.29, 1.82) is 0 Å². The number of rotatable bonds is 6. The molecule has 0 heterocycles. The molecule has 1 aromatic carbocycles. The lowest BCUT2D eigenvalue weighted by Crippen LogP contribution is -2.21. The number of aryl methyl sites for hydroxylation is 2. The molecule has 0 amide bonds. The maximum atomic E-state index is 11.6. The van der Waals surface area contributed by atoms with E-state index in [9.17, 15) is 9.59 Å². The SMILES string of the molecule is COCC(C)OC(=O)OOOC(=O)c1ccc(C)c(C)c1. The third kappa shape index (κ3) is 5.80. The van der Waals surface area contributed by atoms with Crippen LogP contribution in [0.3, 0.4) is 0 Å². The summed E-state index contributed by atoms with van der Waals surface area (Å²) in [7, 11) is 1.47. The maximum Gasteiger partial charge on any atom is 0.543 e. The zero-order chi connectivity index (χ0) is 15.8. The molecule has 1 unspecified atom stereocenters. The summed E-state index contributed by atoms with van der Waals surface area (Å²) in [4.78, 5) is 31.2. The third-order valence-corrected chi connectivity index (χ3v) is 2.65. The average Bonchev–Trinajstić information content (AvgIpc) is 2.41. The Morgan fingerprint density at radius 1 is 1.14 bits per heavy atom. The van der Waals surface area contributed by atoms with E-state index in [2.05, 4.69) is 14.8 Å². The van der Waals surface area contributed by atoms with Crippen LogP contribution in [0.25, 0.3) is 0 Å². The number of hydrogen-bond acceptors (Lipinski definition) is 7. The Balaban J connectivity index is 2.36. The highest BCUT2D eigenvalue weighted by Crippen LogP contribution is 2.11. The highest BCUT2D eigenvalue weighted by Gasteiger charge is 2.15. The summed E-state index contributed by atoms with van der Waals surface area (Å²) >= 11 is 0. The Kier molecular flexibility index (Phi) is 6.64. The van der Waals surface area contributed by atoms with E-state index in [1.807, 2.05) is 13.8 Å². The van der Waals surface area contributed by atoms with Crippen molar-refractivity contribution in [3.05, 3.63) is 34.9 Å². The zero-order valence-electron chi connectivity index (χ0n) is 12.4. The van der Waals surface area contributed by atoms with Crippen molar-refractivity contribution in [2.75, 3.05) is 13.7 Å². The van der Waals surface area contributed by atoms with Crippen molar-refractivity contribution in [3.63, 3.8) is 0 Å². The molecule has 0 bridgehead atoms. The van der Waals surface area contributed by atoms with Gasteiger partial charge in [0.25, 0.3) is 0 Å². The molecule has 1 atom stereocenters. The average molecular weight is 298 g/mol. The Morgan fingerprint density at radius 3 is 2.48 bits per heavy atom. The predicted molar refractivity (Wildman–Crippen MR) is 71.3 cm³/mol. The second kappa shape index (κ2) is 8.23. The predicted octanol–water partition coefficient (Wildman–Crippen LogP) is 2.49. The summed E-state index contributed by atoms with van der Waals surface area (Å²) in [5.74, 6) is -0.782. The number of carbonyl (C=O) groups is 2. The van der Waals surface area contributed by atoms with E-state index in [0.29, 0.717) is 0 Å². The summed E-state index contributed by atoms with van der Waals surface area (Å²) in [5.41, 5.74) is 2.25. The Hall–Kier alpha value is -2.12. The molecule has 0 saturated heterocycles. The Morgan fingerprint density at radius 2 is 1.86 bits per heavy atom. The fourth-order valence-corrected chi connectivity index (χ4v) is 1.44. The number of methoxy groups -OCH3 is 1. The standard InChI is InChI=1S/C14H18O7/c1-9-5-6-12(7-10(9)2)13(15)19-21-20-14(16)18-11(3)8-17-4/h5-7,11H,8H2,1-4H3. The molecule has 1 rings (SSSR count). The van der Waals surface area contributed by atoms with Gasteiger partial charge in [0.05, 0.1) is 17.2 Å². The molecular weight excluding hydrogens is 280 g/mol. The van der Waals surface area contributed by atoms with E-state index in [-0.39, 0.29) is 12.2 Å². The second-order valence-corrected chi connectivity index (χ2v) is 4.46. The molecule has 1 aromatic rings. The number of hydrogen-bond donors (Lipinski definition) is 0. The fourth-order valence-electron chi connectivity index (χ4n) is 1.44. The maximum absolute atomic E-state index is 11.6. The summed E-state index contributed by atoms with van der Waals surface area (Å²) in [6, 6.07) is 4.99. The van der Waals surface area contributed by atoms with Crippen LogP contribution in [-0.4, -0.2) is 31.9 Å². The highest BCUT2D eigenvalue weighted by atomic mass is 17.5. The molecule has 0 saturated carbocycles. The molecule has 0 aromatic heterocycles. The summed E-state index contributed by atoms with van der Waals surface area (Å²) in [5, 5.41) is 4.10. The van der Waals surface area contributed by atoms with Gasteiger partial charge in [-0.15, -0.1) is 0 Å². The molecule has 0 aliphatic carbocycles. The van der Waals surface area contributed by atoms with Crippen LogP contribution in [0.2, 0.25) is 0 Å². The first-order valence-corrected chi connectivity index (χ1v) is 6.26. The van der Waals surface area contributed by atoms with Crippen LogP contribution in [0.15, 0.2) is 18.2 Å². The number of ether oxygens (including phenoxy) is 2. The van der Waals surface area contributed by atoms with Gasteiger partial charge in [0, 0.05) is 7.11 Å². The van der Waals surface area contributed by atoms with Crippen LogP contribution < -0.4 is 0 Å². The molecule has 0 fully saturated rings. The van der Waals surface area contributed by atoms with E-state index in [1.54, 1.807) is 25.1 Å². The second-order valence-electron chi connectivity index (χ2n) is 4.46. The van der Waals surface area contributed by atoms with Gasteiger partial charge < -0.3 is 9.47 Å². The summed E-state index contributed by atoms with van der Waals surface area (Å²) in [6.07, 6.45) is -1.64. The van der Waals surface area contributed by atoms with Crippen LogP contribution in [0, 0.1) is 13.8 Å². The lowest BCUT2D eigenvalue weighted by Gasteiger charge is -2.10. The zero-order valence-corrected chi connectivity index (χ0v) is 12.4. The first kappa shape index (κ1) is 16.9. The van der Waals surface area contributed by atoms with Crippen LogP contribution in [0.4, 0.5) is 4.79 Å². The fraction of sp³-hybridized carbons (Fsp3) is 0.429. The van der Waals surface area contributed by atoms with Gasteiger partial charge in [0.2, 0.25) is 0 Å². The summed E-state index contributed by atoms with van der Waals surface area (Å²) in [6.45, 7) is 5.59. The number of benzene rings is 1. The third-order valence-electron chi connectivity index (χ3n) is 2.65. The summed E-state index contributed by atoms with van der Waals surface area (Å²) < 4.78 is 9.48. The van der Waals surface area contributed by atoms with E-state index >= 15 is 0 Å². The Bertz CT molecular complexity index is 498. The van der Waals surface area contributed by atoms with Gasteiger partial charge in [-0.2, -0.15) is 0 Å². The van der Waals surface area contributed by atoms with Gasteiger partial charge in [-0.05, 0) is 44.0 Å². The molecule has 0 aliphatic rings. The van der Waals surface area contributed by atoms with Crippen molar-refractivity contribution >= 4 is 12.1 Å². The van der Waals surface area contributed by atoms with E-state index in [4.69, 9.17) is 9.47 Å². The van der Waals surface area contributed by atoms with Gasteiger partial charge >= 0.3 is 12.1 Å². The smallest absolute Gasteiger partial charge is 0.427 e. The van der Waals surface area contributed by atoms with Crippen molar-refractivity contribution in [1.82, 2.24) is 0 Å². The first-order chi connectivity index (χ1) is 9.93. The van der Waals surface area contributed by atoms with E-state index in [1.165, 1.54) is 7.11 Å². The van der Waals surface area contributed by atoms with Crippen molar-refractivity contribution in [2.24, 2.45) is 0 Å². The van der Waals surface area contributed by atoms with E-state index < -0.39 is 18.2 Å². The van der Waals surface area contributed by atoms with Gasteiger partial charge in [-0.3, -0.25) is 4.89 Å². The van der Waals surface area contributed by atoms with Gasteiger partial charge in [0.1, 0.15) is 6.10 Å². The highest BCUT2D eigenvalue weighted by molar-refractivity contribution is 5.89. The van der Waals surface area contributed by atoms with E-state index in [0.717, 1.165) is 11.1 Å². The van der Waals surface area contributed by atoms with Gasteiger partial charge in [-0.25, -0.2) is 14.5 Å². The minimum absolute atomic E-state index is 0.206. The monoisotopic (exact) mass is 298 g/mol. The topological polar surface area (TPSA) is 80.3 Å². The molecule has 7 nitrogen and oxygen atoms in total. The molecule has 0 aliphatic heterocycles. The minimum Gasteiger partial charge on any atom is -0.427 e. The minimum atomic E-state index is -1.13. The van der Waals surface area contributed by atoms with Gasteiger partial charge in [-0.1, -0.05) is 6.07 Å². The van der Waals surface area contributed by atoms with Crippen LogP contribution in [0.5, 0.6) is 0 Å². The van der Waals surface area contributed by atoms with Crippen molar-refractivity contribution in [3.8, 4) is 0 Å². The van der Waals surface area contributed by atoms with Crippen LogP contribution in [0.1, 0.15) is 28.4 Å². The largest absolute Gasteiger partial charge is 0.543 e. The molecule has 116 valence electrons. The normalized spacial score (nSPS) is 11.6. The lowest BCUT2D eigenvalue weighted by molar-refractivity contribution is -0.453. The molecule has 0 N–H and O–H groups in total. The number of carbonyl (C=O) groups excluding carboxylic acids is 2. The van der Waals surface area contributed by atoms with Crippen molar-refractivity contribution < 1.29 is 33.9 Å².